The van der Waals surface area contributed by atoms with Crippen molar-refractivity contribution in [3.63, 3.8) is 0 Å². The van der Waals surface area contributed by atoms with Crippen molar-refractivity contribution in [1.82, 2.24) is 29.8 Å². The Kier molecular flexibility index (Phi) is 7.15. The minimum Gasteiger partial charge on any atom is -0.439 e. The van der Waals surface area contributed by atoms with Crippen LogP contribution in [0.25, 0.3) is 38.0 Å². The standard InChI is InChI=1S/C31H32N10O4S/c32-20-3-1-2-4-21(20)37-31-38-22(25(29(33)43)30-34-15-36-41(30)31)11-16-5-6-17(18-13-35-39-26(16)18)19-14-46-28-23(42)12-24(45-27(19)28)40-7-9-44-10-8-40/h5-6,12-15,20-21H,1-4,7-11,32H2,(H2,33,43)(H,35,39)(H,37,38)/t20-,21+/m1/s1. The molecule has 0 spiro atoms. The van der Waals surface area contributed by atoms with E-state index in [0.29, 0.717) is 59.8 Å². The summed E-state index contributed by atoms with van der Waals surface area (Å²) in [4.78, 5) is 37.2. The van der Waals surface area contributed by atoms with Crippen molar-refractivity contribution < 1.29 is 13.9 Å². The monoisotopic (exact) mass is 640 g/mol. The van der Waals surface area contributed by atoms with E-state index in [9.17, 15) is 9.59 Å². The van der Waals surface area contributed by atoms with Crippen LogP contribution in [0.3, 0.4) is 0 Å². The number of morpholine rings is 1. The molecule has 14 nitrogen and oxygen atoms in total. The van der Waals surface area contributed by atoms with Gasteiger partial charge in [-0.2, -0.15) is 14.7 Å². The highest BCUT2D eigenvalue weighted by Gasteiger charge is 2.27. The number of hydrogen-bond donors (Lipinski definition) is 4. The number of anilines is 2. The minimum absolute atomic E-state index is 0.0174. The van der Waals surface area contributed by atoms with Gasteiger partial charge in [-0.05, 0) is 24.0 Å². The number of carbonyl (C=O) groups excluding carboxylic acids is 1. The maximum absolute atomic E-state index is 13.1. The summed E-state index contributed by atoms with van der Waals surface area (Å²) < 4.78 is 13.9. The van der Waals surface area contributed by atoms with Crippen molar-refractivity contribution in [2.75, 3.05) is 36.5 Å². The molecule has 5 aromatic heterocycles. The van der Waals surface area contributed by atoms with Gasteiger partial charge in [0.05, 0.1) is 30.6 Å². The van der Waals surface area contributed by atoms with Gasteiger partial charge in [0.2, 0.25) is 11.4 Å². The van der Waals surface area contributed by atoms with E-state index in [4.69, 9.17) is 25.6 Å². The van der Waals surface area contributed by atoms with Crippen LogP contribution in [0.1, 0.15) is 47.3 Å². The van der Waals surface area contributed by atoms with Crippen molar-refractivity contribution in [2.45, 2.75) is 44.2 Å². The van der Waals surface area contributed by atoms with Gasteiger partial charge in [-0.3, -0.25) is 14.7 Å². The second-order valence-corrected chi connectivity index (χ2v) is 12.7. The molecule has 2 aliphatic rings. The molecule has 1 saturated heterocycles. The predicted octanol–water partition coefficient (Wildman–Crippen LogP) is 3.04. The maximum atomic E-state index is 13.1. The van der Waals surface area contributed by atoms with Gasteiger partial charge in [-0.25, -0.2) is 9.97 Å². The smallest absolute Gasteiger partial charge is 0.254 e. The lowest BCUT2D eigenvalue weighted by molar-refractivity contribution is 0.1000. The van der Waals surface area contributed by atoms with Crippen molar-refractivity contribution in [1.29, 1.82) is 0 Å². The van der Waals surface area contributed by atoms with E-state index in [2.05, 4.69) is 25.6 Å². The molecule has 0 unspecified atom stereocenters. The summed E-state index contributed by atoms with van der Waals surface area (Å²) in [6, 6.07) is 5.51. The highest BCUT2D eigenvalue weighted by molar-refractivity contribution is 7.17. The van der Waals surface area contributed by atoms with Crippen LogP contribution >= 0.6 is 11.3 Å². The predicted molar refractivity (Wildman–Crippen MR) is 174 cm³/mol. The SMILES string of the molecule is NC(=O)c1c(Cc2ccc(-c3csc4c(=O)cc(N5CCOCC5)oc34)c3cn[nH]c23)nc(N[C@H]2CCCC[C@H]2N)n2ncnc12. The summed E-state index contributed by atoms with van der Waals surface area (Å²) in [6.07, 6.45) is 7.40. The van der Waals surface area contributed by atoms with Gasteiger partial charge in [0.25, 0.3) is 5.91 Å². The average Bonchev–Trinajstić information content (AvgIpc) is 3.83. The minimum atomic E-state index is -0.644. The zero-order chi connectivity index (χ0) is 31.4. The molecule has 2 fully saturated rings. The Morgan fingerprint density at radius 3 is 2.85 bits per heavy atom. The van der Waals surface area contributed by atoms with E-state index >= 15 is 0 Å². The third-order valence-electron chi connectivity index (χ3n) is 8.98. The number of thiophene rings is 1. The fourth-order valence-corrected chi connectivity index (χ4v) is 7.52. The third kappa shape index (κ3) is 4.87. The number of amides is 1. The molecule has 1 aliphatic heterocycles. The normalized spacial score (nSPS) is 18.9. The Labute approximate surface area is 265 Å². The molecule has 1 aliphatic carbocycles. The van der Waals surface area contributed by atoms with Crippen LogP contribution in [0.2, 0.25) is 0 Å². The molecule has 6 aromatic rings. The highest BCUT2D eigenvalue weighted by atomic mass is 32.1. The molecule has 6 heterocycles. The van der Waals surface area contributed by atoms with E-state index in [0.717, 1.165) is 53.3 Å². The molecule has 6 N–H and O–H groups in total. The summed E-state index contributed by atoms with van der Waals surface area (Å²) in [5, 5.41) is 18.1. The molecule has 236 valence electrons. The van der Waals surface area contributed by atoms with Crippen LogP contribution < -0.4 is 27.1 Å². The van der Waals surface area contributed by atoms with Crippen molar-refractivity contribution in [3.8, 4) is 11.1 Å². The second kappa shape index (κ2) is 11.5. The van der Waals surface area contributed by atoms with Crippen LogP contribution in [0.15, 0.2) is 45.3 Å². The largest absolute Gasteiger partial charge is 0.439 e. The molecule has 1 aromatic carbocycles. The number of hydrogen-bond acceptors (Lipinski definition) is 12. The summed E-state index contributed by atoms with van der Waals surface area (Å²) in [5.41, 5.74) is 17.1. The first-order chi connectivity index (χ1) is 22.5. The molecular weight excluding hydrogens is 608 g/mol. The van der Waals surface area contributed by atoms with Crippen LogP contribution in [-0.4, -0.2) is 74.1 Å². The lowest BCUT2D eigenvalue weighted by atomic mass is 9.91. The molecule has 0 radical (unpaired) electrons. The molecule has 1 saturated carbocycles. The van der Waals surface area contributed by atoms with Crippen molar-refractivity contribution in [2.24, 2.45) is 11.5 Å². The number of fused-ring (bicyclic) bond motifs is 3. The number of benzene rings is 1. The maximum Gasteiger partial charge on any atom is 0.254 e. The number of ether oxygens (including phenoxy) is 1. The molecule has 1 amide bonds. The summed E-state index contributed by atoms with van der Waals surface area (Å²) in [6.45, 7) is 2.47. The van der Waals surface area contributed by atoms with Gasteiger partial charge in [-0.15, -0.1) is 11.3 Å². The third-order valence-corrected chi connectivity index (χ3v) is 9.96. The first kappa shape index (κ1) is 28.6. The van der Waals surface area contributed by atoms with E-state index in [-0.39, 0.29) is 29.5 Å². The van der Waals surface area contributed by atoms with E-state index in [1.54, 1.807) is 12.3 Å². The Morgan fingerprint density at radius 2 is 2.02 bits per heavy atom. The molecule has 15 heteroatoms. The summed E-state index contributed by atoms with van der Waals surface area (Å²) in [7, 11) is 0. The molecule has 0 bridgehead atoms. The number of aromatic nitrogens is 6. The Bertz CT molecular complexity index is 2160. The number of rotatable bonds is 7. The topological polar surface area (TPSA) is 196 Å². The number of nitrogens with one attached hydrogen (secondary N) is 2. The van der Waals surface area contributed by atoms with E-state index in [1.165, 1.54) is 22.2 Å². The Hall–Kier alpha value is -4.86. The zero-order valence-electron chi connectivity index (χ0n) is 24.9. The first-order valence-corrected chi connectivity index (χ1v) is 16.2. The van der Waals surface area contributed by atoms with Gasteiger partial charge in [0.1, 0.15) is 16.6 Å². The van der Waals surface area contributed by atoms with Crippen molar-refractivity contribution >= 4 is 55.9 Å². The second-order valence-electron chi connectivity index (χ2n) is 11.8. The lowest BCUT2D eigenvalue weighted by Crippen LogP contribution is -2.43. The Balaban J connectivity index is 1.20. The van der Waals surface area contributed by atoms with Gasteiger partial charge in [0.15, 0.2) is 17.1 Å². The first-order valence-electron chi connectivity index (χ1n) is 15.3. The number of H-pyrrole nitrogens is 1. The van der Waals surface area contributed by atoms with Gasteiger partial charge in [0, 0.05) is 54.0 Å². The molecule has 8 rings (SSSR count). The zero-order valence-corrected chi connectivity index (χ0v) is 25.7. The van der Waals surface area contributed by atoms with Crippen LogP contribution in [0, 0.1) is 0 Å². The van der Waals surface area contributed by atoms with Gasteiger partial charge >= 0.3 is 0 Å². The molecule has 46 heavy (non-hydrogen) atoms. The number of primary amides is 1. The summed E-state index contributed by atoms with van der Waals surface area (Å²) in [5.74, 6) is 0.353. The number of carbonyl (C=O) groups is 1. The van der Waals surface area contributed by atoms with Crippen molar-refractivity contribution in [3.05, 3.63) is 63.1 Å². The quantitative estimate of drug-likeness (QED) is 0.200. The fraction of sp³-hybridized carbons (Fsp3) is 0.355. The van der Waals surface area contributed by atoms with Crippen LogP contribution in [0.5, 0.6) is 0 Å². The van der Waals surface area contributed by atoms with Crippen LogP contribution in [0.4, 0.5) is 11.8 Å². The number of nitrogens with zero attached hydrogens (tertiary/aromatic N) is 6. The average molecular weight is 641 g/mol. The van der Waals surface area contributed by atoms with E-state index in [1.807, 2.05) is 22.4 Å². The Morgan fingerprint density at radius 1 is 1.17 bits per heavy atom. The molecule has 2 atom stereocenters. The fourth-order valence-electron chi connectivity index (χ4n) is 6.62. The van der Waals surface area contributed by atoms with Gasteiger partial charge in [-0.1, -0.05) is 25.0 Å². The molecular formula is C31H32N10O4S. The highest BCUT2D eigenvalue weighted by Crippen LogP contribution is 2.39. The van der Waals surface area contributed by atoms with E-state index < -0.39 is 5.91 Å². The number of aromatic amines is 1. The van der Waals surface area contributed by atoms with Crippen LogP contribution in [-0.2, 0) is 11.2 Å². The lowest BCUT2D eigenvalue weighted by Gasteiger charge is -2.29. The summed E-state index contributed by atoms with van der Waals surface area (Å²) >= 11 is 1.36. The number of nitrogens with two attached hydrogens (primary N) is 2. The van der Waals surface area contributed by atoms with Gasteiger partial charge < -0.3 is 30.8 Å².